The Bertz CT molecular complexity index is 1280. The highest BCUT2D eigenvalue weighted by molar-refractivity contribution is 5.83. The second-order valence-electron chi connectivity index (χ2n) is 7.00. The summed E-state index contributed by atoms with van der Waals surface area (Å²) in [7, 11) is 3.34. The lowest BCUT2D eigenvalue weighted by Gasteiger charge is -2.07. The fraction of sp³-hybridized carbons (Fsp3) is 0.0800. The van der Waals surface area contributed by atoms with Crippen molar-refractivity contribution in [3.63, 3.8) is 0 Å². The molecule has 5 aromatic rings. The number of nitrogens with zero attached hydrogens (tertiary/aromatic N) is 2. The van der Waals surface area contributed by atoms with Crippen molar-refractivity contribution in [1.82, 2.24) is 14.6 Å². The smallest absolute Gasteiger partial charge is 0.154 e. The van der Waals surface area contributed by atoms with Crippen LogP contribution in [-0.4, -0.2) is 28.8 Å². The number of aromatic nitrogens is 3. The molecule has 0 spiro atoms. The van der Waals surface area contributed by atoms with Crippen LogP contribution in [0.1, 0.15) is 0 Å². The summed E-state index contributed by atoms with van der Waals surface area (Å²) in [4.78, 5) is 4.96. The first-order valence-corrected chi connectivity index (χ1v) is 9.72. The van der Waals surface area contributed by atoms with Crippen LogP contribution in [0.5, 0.6) is 11.5 Å². The summed E-state index contributed by atoms with van der Waals surface area (Å²) in [6, 6.07) is 28.4. The van der Waals surface area contributed by atoms with Crippen molar-refractivity contribution in [1.29, 1.82) is 0 Å². The Labute approximate surface area is 174 Å². The molecule has 0 bridgehead atoms. The van der Waals surface area contributed by atoms with E-state index >= 15 is 0 Å². The number of ether oxygens (including phenoxy) is 2. The van der Waals surface area contributed by atoms with Crippen molar-refractivity contribution in [2.24, 2.45) is 0 Å². The Morgan fingerprint density at radius 2 is 1.30 bits per heavy atom. The first kappa shape index (κ1) is 18.1. The normalized spacial score (nSPS) is 11.0. The molecule has 0 radical (unpaired) electrons. The van der Waals surface area contributed by atoms with Crippen LogP contribution in [0.3, 0.4) is 0 Å². The molecular weight excluding hydrogens is 374 g/mol. The van der Waals surface area contributed by atoms with Gasteiger partial charge >= 0.3 is 0 Å². The third-order valence-corrected chi connectivity index (χ3v) is 5.22. The van der Waals surface area contributed by atoms with E-state index in [1.54, 1.807) is 14.2 Å². The number of H-pyrrole nitrogens is 1. The van der Waals surface area contributed by atoms with Crippen molar-refractivity contribution >= 4 is 5.65 Å². The van der Waals surface area contributed by atoms with Gasteiger partial charge in [0.25, 0.3) is 0 Å². The van der Waals surface area contributed by atoms with Gasteiger partial charge in [-0.15, -0.1) is 0 Å². The second-order valence-corrected chi connectivity index (χ2v) is 7.00. The third-order valence-electron chi connectivity index (χ3n) is 5.22. The topological polar surface area (TPSA) is 51.5 Å². The summed E-state index contributed by atoms with van der Waals surface area (Å²) in [5.74, 6) is 1.64. The van der Waals surface area contributed by atoms with E-state index in [1.807, 2.05) is 59.1 Å². The monoisotopic (exact) mass is 395 g/mol. The quantitative estimate of drug-likeness (QED) is 0.416. The van der Waals surface area contributed by atoms with Crippen molar-refractivity contribution in [3.05, 3.63) is 84.9 Å². The third kappa shape index (κ3) is 3.10. The number of fused-ring (bicyclic) bond motifs is 1. The Hall–Kier alpha value is -3.99. The molecule has 2 aromatic heterocycles. The summed E-state index contributed by atoms with van der Waals surface area (Å²) in [5.41, 5.74) is 7.00. The molecule has 0 saturated heterocycles. The molecule has 0 atom stereocenters. The van der Waals surface area contributed by atoms with Crippen LogP contribution in [0.25, 0.3) is 39.4 Å². The summed E-state index contributed by atoms with van der Waals surface area (Å²) in [6.07, 6.45) is 0. The zero-order valence-corrected chi connectivity index (χ0v) is 16.8. The number of imidazole rings is 1. The Morgan fingerprint density at radius 1 is 0.700 bits per heavy atom. The minimum Gasteiger partial charge on any atom is -0.497 e. The van der Waals surface area contributed by atoms with Gasteiger partial charge in [-0.2, -0.15) is 0 Å². The number of benzene rings is 3. The molecule has 0 aliphatic carbocycles. The van der Waals surface area contributed by atoms with Gasteiger partial charge in [-0.05, 0) is 54.1 Å². The van der Waals surface area contributed by atoms with Crippen LogP contribution in [0.4, 0.5) is 0 Å². The van der Waals surface area contributed by atoms with Gasteiger partial charge in [0.2, 0.25) is 0 Å². The summed E-state index contributed by atoms with van der Waals surface area (Å²) in [5, 5.41) is 3.52. The number of hydrogen-bond donors (Lipinski definition) is 1. The van der Waals surface area contributed by atoms with E-state index < -0.39 is 0 Å². The van der Waals surface area contributed by atoms with Crippen LogP contribution in [0, 0.1) is 0 Å². The highest BCUT2D eigenvalue weighted by atomic mass is 16.5. The highest BCUT2D eigenvalue weighted by Gasteiger charge is 2.18. The van der Waals surface area contributed by atoms with Gasteiger partial charge in [0.15, 0.2) is 5.65 Å². The van der Waals surface area contributed by atoms with Gasteiger partial charge in [0.05, 0.1) is 31.3 Å². The number of nitrogens with one attached hydrogen (secondary N) is 1. The van der Waals surface area contributed by atoms with Crippen LogP contribution < -0.4 is 9.47 Å². The molecule has 148 valence electrons. The molecular formula is C25H21N3O2. The predicted molar refractivity (Wildman–Crippen MR) is 119 cm³/mol. The standard InChI is InChI=1S/C25H21N3O2/c1-29-20-12-8-18(9-13-20)24-25(19-10-14-21(30-2)15-11-19)28-23(26-24)16-22(27-28)17-6-4-3-5-7-17/h3-16,27H,1-2H3. The number of hydrogen-bond acceptors (Lipinski definition) is 3. The SMILES string of the molecule is COc1ccc(-c2nc3cc(-c4ccccc4)[nH]n3c2-c2ccc(OC)cc2)cc1. The Balaban J connectivity index is 1.71. The zero-order valence-electron chi connectivity index (χ0n) is 16.8. The first-order valence-electron chi connectivity index (χ1n) is 9.72. The lowest BCUT2D eigenvalue weighted by molar-refractivity contribution is 0.414. The molecule has 1 N–H and O–H groups in total. The molecule has 30 heavy (non-hydrogen) atoms. The van der Waals surface area contributed by atoms with E-state index in [0.717, 1.165) is 50.9 Å². The van der Waals surface area contributed by atoms with Gasteiger partial charge in [0, 0.05) is 17.2 Å². The van der Waals surface area contributed by atoms with E-state index in [2.05, 4.69) is 35.4 Å². The minimum absolute atomic E-state index is 0.820. The van der Waals surface area contributed by atoms with E-state index in [9.17, 15) is 0 Å². The molecule has 3 aromatic carbocycles. The van der Waals surface area contributed by atoms with E-state index in [-0.39, 0.29) is 0 Å². The van der Waals surface area contributed by atoms with E-state index in [4.69, 9.17) is 14.5 Å². The summed E-state index contributed by atoms with van der Waals surface area (Å²) in [6.45, 7) is 0. The largest absolute Gasteiger partial charge is 0.497 e. The fourth-order valence-corrected chi connectivity index (χ4v) is 3.66. The molecule has 0 fully saturated rings. The Morgan fingerprint density at radius 3 is 1.90 bits per heavy atom. The maximum Gasteiger partial charge on any atom is 0.154 e. The molecule has 5 heteroatoms. The van der Waals surface area contributed by atoms with Gasteiger partial charge in [-0.3, -0.25) is 5.10 Å². The number of rotatable bonds is 5. The maximum atomic E-state index is 5.33. The Kier molecular flexibility index (Phi) is 4.48. The molecule has 0 aliphatic rings. The molecule has 0 amide bonds. The number of methoxy groups -OCH3 is 2. The van der Waals surface area contributed by atoms with Crippen molar-refractivity contribution in [3.8, 4) is 45.3 Å². The van der Waals surface area contributed by atoms with Gasteiger partial charge in [-0.25, -0.2) is 9.50 Å². The lowest BCUT2D eigenvalue weighted by Crippen LogP contribution is -1.92. The second kappa shape index (κ2) is 7.44. The molecule has 0 unspecified atom stereocenters. The van der Waals surface area contributed by atoms with Crippen LogP contribution in [-0.2, 0) is 0 Å². The van der Waals surface area contributed by atoms with Gasteiger partial charge < -0.3 is 9.47 Å². The van der Waals surface area contributed by atoms with Crippen LogP contribution >= 0.6 is 0 Å². The average Bonchev–Trinajstić information content (AvgIpc) is 3.38. The maximum absolute atomic E-state index is 5.33. The van der Waals surface area contributed by atoms with Gasteiger partial charge in [0.1, 0.15) is 11.5 Å². The minimum atomic E-state index is 0.820. The molecule has 0 saturated carbocycles. The van der Waals surface area contributed by atoms with Crippen molar-refractivity contribution in [2.75, 3.05) is 14.2 Å². The summed E-state index contributed by atoms with van der Waals surface area (Å²) < 4.78 is 12.7. The zero-order chi connectivity index (χ0) is 20.5. The average molecular weight is 395 g/mol. The molecule has 2 heterocycles. The van der Waals surface area contributed by atoms with Crippen molar-refractivity contribution < 1.29 is 9.47 Å². The van der Waals surface area contributed by atoms with E-state index in [0.29, 0.717) is 0 Å². The summed E-state index contributed by atoms with van der Waals surface area (Å²) >= 11 is 0. The molecule has 5 nitrogen and oxygen atoms in total. The van der Waals surface area contributed by atoms with Crippen LogP contribution in [0.15, 0.2) is 84.9 Å². The van der Waals surface area contributed by atoms with Crippen molar-refractivity contribution in [2.45, 2.75) is 0 Å². The van der Waals surface area contributed by atoms with Crippen LogP contribution in [0.2, 0.25) is 0 Å². The molecule has 5 rings (SSSR count). The number of aromatic amines is 1. The van der Waals surface area contributed by atoms with E-state index in [1.165, 1.54) is 0 Å². The predicted octanol–water partition coefficient (Wildman–Crippen LogP) is 5.68. The highest BCUT2D eigenvalue weighted by Crippen LogP contribution is 2.35. The van der Waals surface area contributed by atoms with Gasteiger partial charge in [-0.1, -0.05) is 30.3 Å². The lowest BCUT2D eigenvalue weighted by atomic mass is 10.0. The first-order chi connectivity index (χ1) is 14.8. The molecule has 0 aliphatic heterocycles. The fourth-order valence-electron chi connectivity index (χ4n) is 3.66.